The second-order valence-corrected chi connectivity index (χ2v) is 8.86. The van der Waals surface area contributed by atoms with Crippen LogP contribution in [0.1, 0.15) is 19.3 Å². The van der Waals surface area contributed by atoms with Crippen molar-refractivity contribution < 1.29 is 13.2 Å². The Morgan fingerprint density at radius 1 is 1.33 bits per heavy atom. The number of hydrogen-bond acceptors (Lipinski definition) is 5. The number of sulfone groups is 1. The number of nitrogens with zero attached hydrogens (tertiary/aromatic N) is 1. The van der Waals surface area contributed by atoms with Crippen molar-refractivity contribution in [2.24, 2.45) is 0 Å². The van der Waals surface area contributed by atoms with Gasteiger partial charge < -0.3 is 10.6 Å². The summed E-state index contributed by atoms with van der Waals surface area (Å²) in [5, 5.41) is -0.886. The molecule has 1 aromatic carbocycles. The van der Waals surface area contributed by atoms with Crippen molar-refractivity contribution in [2.45, 2.75) is 29.4 Å². The van der Waals surface area contributed by atoms with Crippen LogP contribution < -0.4 is 10.6 Å². The smallest absolute Gasteiger partial charge is 0.245 e. The molecule has 21 heavy (non-hydrogen) atoms. The fourth-order valence-corrected chi connectivity index (χ4v) is 5.70. The number of nitrogens with two attached hydrogens (primary N) is 1. The molecule has 0 radical (unpaired) electrons. The lowest BCUT2D eigenvalue weighted by molar-refractivity contribution is -0.118. The van der Waals surface area contributed by atoms with Crippen molar-refractivity contribution in [2.75, 3.05) is 28.7 Å². The second-order valence-electron chi connectivity index (χ2n) is 5.42. The van der Waals surface area contributed by atoms with E-state index in [2.05, 4.69) is 0 Å². The molecule has 0 saturated carbocycles. The molecule has 2 aliphatic rings. The summed E-state index contributed by atoms with van der Waals surface area (Å²) in [7, 11) is -3.31. The number of fused-ring (bicyclic) bond motifs is 1. The van der Waals surface area contributed by atoms with Gasteiger partial charge in [-0.25, -0.2) is 8.42 Å². The van der Waals surface area contributed by atoms with Crippen LogP contribution in [0.5, 0.6) is 0 Å². The summed E-state index contributed by atoms with van der Waals surface area (Å²) in [6.45, 7) is 0.534. The molecule has 2 N–H and O–H groups in total. The Morgan fingerprint density at radius 3 is 2.90 bits per heavy atom. The lowest BCUT2D eigenvalue weighted by Gasteiger charge is -2.33. The molecule has 2 heterocycles. The molecule has 1 amide bonds. The predicted molar refractivity (Wildman–Crippen MR) is 85.4 cm³/mol. The molecule has 114 valence electrons. The van der Waals surface area contributed by atoms with Crippen molar-refractivity contribution in [3.63, 3.8) is 0 Å². The van der Waals surface area contributed by atoms with E-state index in [-0.39, 0.29) is 11.7 Å². The van der Waals surface area contributed by atoms with E-state index in [0.717, 1.165) is 22.8 Å². The quantitative estimate of drug-likeness (QED) is 0.794. The maximum atomic E-state index is 12.7. The monoisotopic (exact) mass is 326 g/mol. The zero-order valence-electron chi connectivity index (χ0n) is 11.6. The summed E-state index contributed by atoms with van der Waals surface area (Å²) >= 11 is 1.67. The van der Waals surface area contributed by atoms with Crippen LogP contribution >= 0.6 is 11.8 Å². The van der Waals surface area contributed by atoms with E-state index >= 15 is 0 Å². The van der Waals surface area contributed by atoms with Crippen LogP contribution in [0, 0.1) is 0 Å². The Hall–Kier alpha value is -1.21. The molecule has 0 aromatic heterocycles. The Bertz CT molecular complexity index is 673. The van der Waals surface area contributed by atoms with Gasteiger partial charge in [-0.15, -0.1) is 11.8 Å². The van der Waals surface area contributed by atoms with E-state index < -0.39 is 15.1 Å². The molecule has 1 saturated heterocycles. The normalized spacial score (nSPS) is 24.4. The maximum Gasteiger partial charge on any atom is 0.245 e. The van der Waals surface area contributed by atoms with Gasteiger partial charge in [0.15, 0.2) is 9.84 Å². The highest BCUT2D eigenvalue weighted by atomic mass is 32.2. The highest BCUT2D eigenvalue weighted by Gasteiger charge is 2.39. The summed E-state index contributed by atoms with van der Waals surface area (Å²) in [4.78, 5) is 15.3. The molecule has 2 aliphatic heterocycles. The van der Waals surface area contributed by atoms with Crippen LogP contribution in [0.3, 0.4) is 0 Å². The first-order valence-corrected chi connectivity index (χ1v) is 9.74. The van der Waals surface area contributed by atoms with E-state index in [1.165, 1.54) is 0 Å². The predicted octanol–water partition coefficient (Wildman–Crippen LogP) is 1.67. The number of thioether (sulfide) groups is 1. The van der Waals surface area contributed by atoms with E-state index in [9.17, 15) is 13.2 Å². The summed E-state index contributed by atoms with van der Waals surface area (Å²) in [6.07, 6.45) is 1.88. The van der Waals surface area contributed by atoms with Gasteiger partial charge >= 0.3 is 0 Å². The maximum absolute atomic E-state index is 12.7. The molecule has 0 spiro atoms. The lowest BCUT2D eigenvalue weighted by atomic mass is 10.1. The standard InChI is InChI=1S/C14H18N2O3S2/c15-10-4-5-12-11(9-10)16(6-7-20-12)14(17)13-3-1-2-8-21(13,18)19/h4-5,9,13H,1-3,6-8,15H2. The van der Waals surface area contributed by atoms with Gasteiger partial charge in [0, 0.05) is 22.9 Å². The highest BCUT2D eigenvalue weighted by molar-refractivity contribution is 7.99. The molecule has 3 rings (SSSR count). The molecular weight excluding hydrogens is 308 g/mol. The Balaban J connectivity index is 1.95. The average molecular weight is 326 g/mol. The van der Waals surface area contributed by atoms with Crippen LogP contribution in [0.4, 0.5) is 11.4 Å². The minimum absolute atomic E-state index is 0.121. The lowest BCUT2D eigenvalue weighted by Crippen LogP contribution is -2.47. The van der Waals surface area contributed by atoms with E-state index in [4.69, 9.17) is 5.73 Å². The SMILES string of the molecule is Nc1ccc2c(c1)N(C(=O)C1CCCCS1(=O)=O)CCS2. The van der Waals surface area contributed by atoms with Gasteiger partial charge in [-0.05, 0) is 31.0 Å². The second kappa shape index (κ2) is 5.53. The van der Waals surface area contributed by atoms with Crippen LogP contribution in [0.25, 0.3) is 0 Å². The fourth-order valence-electron chi connectivity index (χ4n) is 2.87. The van der Waals surface area contributed by atoms with Crippen molar-refractivity contribution in [3.05, 3.63) is 18.2 Å². The molecule has 1 fully saturated rings. The Morgan fingerprint density at radius 2 is 2.14 bits per heavy atom. The third-order valence-electron chi connectivity index (χ3n) is 3.97. The molecular formula is C14H18N2O3S2. The van der Waals surface area contributed by atoms with Gasteiger partial charge in [-0.2, -0.15) is 0 Å². The van der Waals surface area contributed by atoms with Crippen molar-refractivity contribution in [3.8, 4) is 0 Å². The summed E-state index contributed by atoms with van der Waals surface area (Å²) in [5.41, 5.74) is 7.14. The Labute approximate surface area is 128 Å². The third-order valence-corrected chi connectivity index (χ3v) is 7.17. The summed E-state index contributed by atoms with van der Waals surface area (Å²) < 4.78 is 24.3. The number of rotatable bonds is 1. The molecule has 1 aromatic rings. The first-order valence-electron chi connectivity index (χ1n) is 7.04. The molecule has 5 nitrogen and oxygen atoms in total. The topological polar surface area (TPSA) is 80.5 Å². The number of nitrogen functional groups attached to an aromatic ring is 1. The van der Waals surface area contributed by atoms with E-state index in [0.29, 0.717) is 25.1 Å². The number of amides is 1. The van der Waals surface area contributed by atoms with Crippen LogP contribution in [0.2, 0.25) is 0 Å². The van der Waals surface area contributed by atoms with Gasteiger partial charge in [-0.3, -0.25) is 4.79 Å². The minimum Gasteiger partial charge on any atom is -0.399 e. The Kier molecular flexibility index (Phi) is 3.88. The number of benzene rings is 1. The first-order chi connectivity index (χ1) is 9.99. The van der Waals surface area contributed by atoms with Crippen molar-refractivity contribution in [1.29, 1.82) is 0 Å². The van der Waals surface area contributed by atoms with Crippen LogP contribution in [-0.4, -0.2) is 37.6 Å². The van der Waals surface area contributed by atoms with E-state index in [1.807, 2.05) is 6.07 Å². The van der Waals surface area contributed by atoms with Gasteiger partial charge in [0.05, 0.1) is 11.4 Å². The highest BCUT2D eigenvalue weighted by Crippen LogP contribution is 2.37. The number of carbonyl (C=O) groups is 1. The van der Waals surface area contributed by atoms with Gasteiger partial charge in [0.25, 0.3) is 0 Å². The van der Waals surface area contributed by atoms with Gasteiger partial charge in [-0.1, -0.05) is 6.42 Å². The first kappa shape index (κ1) is 14.7. The number of hydrogen-bond donors (Lipinski definition) is 1. The molecule has 0 bridgehead atoms. The third kappa shape index (κ3) is 2.76. The fraction of sp³-hybridized carbons (Fsp3) is 0.500. The molecule has 7 heteroatoms. The molecule has 1 unspecified atom stereocenters. The van der Waals surface area contributed by atoms with Gasteiger partial charge in [0.2, 0.25) is 5.91 Å². The van der Waals surface area contributed by atoms with Crippen LogP contribution in [-0.2, 0) is 14.6 Å². The molecule has 1 atom stereocenters. The molecule has 0 aliphatic carbocycles. The number of anilines is 2. The van der Waals surface area contributed by atoms with Gasteiger partial charge in [0.1, 0.15) is 5.25 Å². The van der Waals surface area contributed by atoms with Crippen molar-refractivity contribution >= 4 is 38.9 Å². The van der Waals surface area contributed by atoms with E-state index in [1.54, 1.807) is 28.8 Å². The minimum atomic E-state index is -3.31. The zero-order chi connectivity index (χ0) is 15.0. The average Bonchev–Trinajstić information content (AvgIpc) is 2.45. The summed E-state index contributed by atoms with van der Waals surface area (Å²) in [6, 6.07) is 5.45. The summed E-state index contributed by atoms with van der Waals surface area (Å²) in [5.74, 6) is 0.604. The number of carbonyl (C=O) groups excluding carboxylic acids is 1. The largest absolute Gasteiger partial charge is 0.399 e. The van der Waals surface area contributed by atoms with Crippen LogP contribution in [0.15, 0.2) is 23.1 Å². The zero-order valence-corrected chi connectivity index (χ0v) is 13.3. The van der Waals surface area contributed by atoms with Crippen molar-refractivity contribution in [1.82, 2.24) is 0 Å².